The smallest absolute Gasteiger partial charge is 0.352 e. The van der Waals surface area contributed by atoms with Crippen molar-refractivity contribution in [2.24, 2.45) is 0 Å². The molecule has 7 nitrogen and oxygen atoms in total. The van der Waals surface area contributed by atoms with Crippen molar-refractivity contribution in [3.63, 3.8) is 0 Å². The monoisotopic (exact) mass is 448 g/mol. The molecule has 0 fully saturated rings. The summed E-state index contributed by atoms with van der Waals surface area (Å²) in [7, 11) is 0. The Morgan fingerprint density at radius 1 is 1.12 bits per heavy atom. The van der Waals surface area contributed by atoms with Gasteiger partial charge in [-0.3, -0.25) is 4.79 Å². The quantitative estimate of drug-likeness (QED) is 0.549. The first-order chi connectivity index (χ1) is 15.2. The fraction of sp³-hybridized carbons (Fsp3) is 0.286. The number of nitrogens with one attached hydrogen (secondary N) is 1. The molecule has 2 aromatic heterocycles. The standard InChI is InChI=1S/C21H20F4N6O/c1-3-31(13(2)10-28-20-29-11-14(12-30-20)21(23,24)25)19(32)17-9-15(22)5-6-16(17)18-26-7-4-8-27-18/h4-9,11-13H,3,10H2,1-2H3,(H,28,29,30). The van der Waals surface area contributed by atoms with Gasteiger partial charge in [0.1, 0.15) is 5.82 Å². The van der Waals surface area contributed by atoms with Gasteiger partial charge >= 0.3 is 6.18 Å². The molecule has 0 aliphatic rings. The zero-order chi connectivity index (χ0) is 23.3. The molecular formula is C21H20F4N6O. The van der Waals surface area contributed by atoms with Crippen molar-refractivity contribution in [2.45, 2.75) is 26.1 Å². The third-order valence-electron chi connectivity index (χ3n) is 4.69. The zero-order valence-electron chi connectivity index (χ0n) is 17.3. The van der Waals surface area contributed by atoms with Gasteiger partial charge in [0.15, 0.2) is 5.82 Å². The first kappa shape index (κ1) is 23.0. The van der Waals surface area contributed by atoms with E-state index in [9.17, 15) is 22.4 Å². The van der Waals surface area contributed by atoms with Gasteiger partial charge in [0.05, 0.1) is 11.1 Å². The molecule has 0 aliphatic heterocycles. The maximum absolute atomic E-state index is 14.0. The molecule has 1 atom stereocenters. The predicted octanol–water partition coefficient (Wildman–Crippen LogP) is 4.05. The topological polar surface area (TPSA) is 83.9 Å². The molecule has 0 bridgehead atoms. The number of amides is 1. The predicted molar refractivity (Wildman–Crippen MR) is 109 cm³/mol. The number of carbonyl (C=O) groups is 1. The van der Waals surface area contributed by atoms with Gasteiger partial charge < -0.3 is 10.2 Å². The molecule has 168 valence electrons. The number of anilines is 1. The number of alkyl halides is 3. The molecule has 1 N–H and O–H groups in total. The van der Waals surface area contributed by atoms with E-state index in [1.807, 2.05) is 0 Å². The van der Waals surface area contributed by atoms with Crippen molar-refractivity contribution in [2.75, 3.05) is 18.4 Å². The summed E-state index contributed by atoms with van der Waals surface area (Å²) in [4.78, 5) is 30.3. The minimum Gasteiger partial charge on any atom is -0.352 e. The van der Waals surface area contributed by atoms with Crippen molar-refractivity contribution >= 4 is 11.9 Å². The summed E-state index contributed by atoms with van der Waals surface area (Å²) in [5, 5.41) is 2.82. The molecule has 11 heteroatoms. The molecular weight excluding hydrogens is 428 g/mol. The van der Waals surface area contributed by atoms with Gasteiger partial charge in [0.2, 0.25) is 5.95 Å². The van der Waals surface area contributed by atoms with Crippen molar-refractivity contribution < 1.29 is 22.4 Å². The molecule has 0 radical (unpaired) electrons. The summed E-state index contributed by atoms with van der Waals surface area (Å²) in [6, 6.07) is 5.03. The summed E-state index contributed by atoms with van der Waals surface area (Å²) >= 11 is 0. The third kappa shape index (κ3) is 5.34. The number of benzene rings is 1. The van der Waals surface area contributed by atoms with Gasteiger partial charge in [-0.2, -0.15) is 13.2 Å². The van der Waals surface area contributed by atoms with Crippen LogP contribution in [0.3, 0.4) is 0 Å². The minimum absolute atomic E-state index is 0.00233. The number of likely N-dealkylation sites (N-methyl/N-ethyl adjacent to an activating group) is 1. The van der Waals surface area contributed by atoms with Crippen LogP contribution in [-0.2, 0) is 6.18 Å². The molecule has 0 spiro atoms. The molecule has 3 rings (SSSR count). The van der Waals surface area contributed by atoms with E-state index in [0.717, 1.165) is 6.07 Å². The number of hydrogen-bond acceptors (Lipinski definition) is 6. The summed E-state index contributed by atoms with van der Waals surface area (Å²) in [5.74, 6) is -0.724. The molecule has 3 aromatic rings. The Morgan fingerprint density at radius 2 is 1.78 bits per heavy atom. The van der Waals surface area contributed by atoms with E-state index >= 15 is 0 Å². The maximum Gasteiger partial charge on any atom is 0.419 e. The molecule has 0 saturated carbocycles. The van der Waals surface area contributed by atoms with Gasteiger partial charge in [-0.25, -0.2) is 24.3 Å². The Morgan fingerprint density at radius 3 is 2.38 bits per heavy atom. The summed E-state index contributed by atoms with van der Waals surface area (Å²) in [6.45, 7) is 3.98. The van der Waals surface area contributed by atoms with Crippen LogP contribution in [0.5, 0.6) is 0 Å². The Bertz CT molecular complexity index is 1060. The molecule has 32 heavy (non-hydrogen) atoms. The van der Waals surface area contributed by atoms with Crippen LogP contribution < -0.4 is 5.32 Å². The average Bonchev–Trinajstić information content (AvgIpc) is 2.78. The second-order valence-electron chi connectivity index (χ2n) is 6.88. The van der Waals surface area contributed by atoms with Gasteiger partial charge in [-0.15, -0.1) is 0 Å². The number of rotatable bonds is 7. The fourth-order valence-corrected chi connectivity index (χ4v) is 3.05. The Balaban J connectivity index is 1.77. The van der Waals surface area contributed by atoms with Gasteiger partial charge in [-0.1, -0.05) is 0 Å². The maximum atomic E-state index is 14.0. The molecule has 1 aromatic carbocycles. The lowest BCUT2D eigenvalue weighted by Crippen LogP contribution is -2.42. The normalized spacial score (nSPS) is 12.3. The SMILES string of the molecule is CCN(C(=O)c1cc(F)ccc1-c1ncccn1)C(C)CNc1ncc(C(F)(F)F)cn1. The lowest BCUT2D eigenvalue weighted by Gasteiger charge is -2.29. The van der Waals surface area contributed by atoms with Crippen LogP contribution in [-0.4, -0.2) is 49.9 Å². The van der Waals surface area contributed by atoms with E-state index in [-0.39, 0.29) is 23.9 Å². The molecule has 1 amide bonds. The Labute approximate surface area is 181 Å². The van der Waals surface area contributed by atoms with Crippen LogP contribution in [0.2, 0.25) is 0 Å². The first-order valence-electron chi connectivity index (χ1n) is 9.71. The second kappa shape index (κ2) is 9.67. The number of aromatic nitrogens is 4. The second-order valence-corrected chi connectivity index (χ2v) is 6.88. The molecule has 0 saturated heterocycles. The van der Waals surface area contributed by atoms with Crippen molar-refractivity contribution in [3.8, 4) is 11.4 Å². The van der Waals surface area contributed by atoms with Crippen molar-refractivity contribution in [3.05, 3.63) is 66.0 Å². The highest BCUT2D eigenvalue weighted by atomic mass is 19.4. The Kier molecular flexibility index (Phi) is 6.96. The summed E-state index contributed by atoms with van der Waals surface area (Å²) in [5.41, 5.74) is -0.458. The van der Waals surface area contributed by atoms with Gasteiger partial charge in [0, 0.05) is 49.5 Å². The Hall–Kier alpha value is -3.63. The van der Waals surface area contributed by atoms with E-state index in [0.29, 0.717) is 24.5 Å². The molecule has 0 aliphatic carbocycles. The largest absolute Gasteiger partial charge is 0.419 e. The van der Waals surface area contributed by atoms with Crippen LogP contribution in [0.4, 0.5) is 23.5 Å². The minimum atomic E-state index is -4.53. The highest BCUT2D eigenvalue weighted by Crippen LogP contribution is 2.28. The fourth-order valence-electron chi connectivity index (χ4n) is 3.05. The molecule has 1 unspecified atom stereocenters. The zero-order valence-corrected chi connectivity index (χ0v) is 17.3. The van der Waals surface area contributed by atoms with Gasteiger partial charge in [-0.05, 0) is 38.1 Å². The lowest BCUT2D eigenvalue weighted by atomic mass is 10.0. The highest BCUT2D eigenvalue weighted by Gasteiger charge is 2.31. The van der Waals surface area contributed by atoms with Crippen LogP contribution in [0.25, 0.3) is 11.4 Å². The number of nitrogens with zero attached hydrogens (tertiary/aromatic N) is 5. The highest BCUT2D eigenvalue weighted by molar-refractivity contribution is 6.00. The number of halogens is 4. The van der Waals surface area contributed by atoms with Crippen LogP contribution in [0.1, 0.15) is 29.8 Å². The van der Waals surface area contributed by atoms with Crippen molar-refractivity contribution in [1.82, 2.24) is 24.8 Å². The van der Waals surface area contributed by atoms with E-state index in [1.165, 1.54) is 29.4 Å². The van der Waals surface area contributed by atoms with Crippen LogP contribution in [0.15, 0.2) is 49.1 Å². The van der Waals surface area contributed by atoms with E-state index in [1.54, 1.807) is 19.9 Å². The van der Waals surface area contributed by atoms with E-state index in [4.69, 9.17) is 0 Å². The molecule has 2 heterocycles. The van der Waals surface area contributed by atoms with Crippen LogP contribution in [0, 0.1) is 5.82 Å². The van der Waals surface area contributed by atoms with E-state index in [2.05, 4.69) is 25.3 Å². The first-order valence-corrected chi connectivity index (χ1v) is 9.71. The van der Waals surface area contributed by atoms with Crippen LogP contribution >= 0.6 is 0 Å². The average molecular weight is 448 g/mol. The summed E-state index contributed by atoms with van der Waals surface area (Å²) < 4.78 is 51.9. The van der Waals surface area contributed by atoms with E-state index < -0.39 is 29.5 Å². The summed E-state index contributed by atoms with van der Waals surface area (Å²) in [6.07, 6.45) is -0.117. The third-order valence-corrected chi connectivity index (χ3v) is 4.69. The number of hydrogen-bond donors (Lipinski definition) is 1. The lowest BCUT2D eigenvalue weighted by molar-refractivity contribution is -0.138. The number of carbonyl (C=O) groups excluding carboxylic acids is 1. The van der Waals surface area contributed by atoms with Gasteiger partial charge in [0.25, 0.3) is 5.91 Å². The van der Waals surface area contributed by atoms with Crippen molar-refractivity contribution in [1.29, 1.82) is 0 Å².